The molecule has 1 aliphatic rings. The number of methoxy groups -OCH3 is 1. The lowest BCUT2D eigenvalue weighted by Crippen LogP contribution is -2.48. The van der Waals surface area contributed by atoms with Crippen molar-refractivity contribution in [1.82, 2.24) is 10.2 Å². The van der Waals surface area contributed by atoms with Crippen molar-refractivity contribution in [1.29, 1.82) is 0 Å². The molecule has 2 rings (SSSR count). The number of hydrogen-bond donors (Lipinski definition) is 1. The van der Waals surface area contributed by atoms with Crippen LogP contribution in [0.5, 0.6) is 5.75 Å². The summed E-state index contributed by atoms with van der Waals surface area (Å²) in [6.45, 7) is 9.91. The van der Waals surface area contributed by atoms with Crippen molar-refractivity contribution in [2.75, 3.05) is 33.8 Å². The van der Waals surface area contributed by atoms with E-state index in [0.29, 0.717) is 0 Å². The molecule has 0 spiro atoms. The molecule has 0 saturated carbocycles. The Bertz CT molecular complexity index is 514. The van der Waals surface area contributed by atoms with Crippen LogP contribution < -0.4 is 10.1 Å². The smallest absolute Gasteiger partial charge is 0.193 e. The van der Waals surface area contributed by atoms with Crippen LogP contribution in [0.4, 0.5) is 0 Å². The second kappa shape index (κ2) is 7.71. The fourth-order valence-electron chi connectivity index (χ4n) is 3.00. The molecule has 1 heterocycles. The van der Waals surface area contributed by atoms with E-state index in [4.69, 9.17) is 4.74 Å². The molecular formula is C19H31N3O. The maximum atomic E-state index is 5.24. The Hall–Kier alpha value is -1.71. The number of aliphatic imine (C=N–C) groups is 1. The van der Waals surface area contributed by atoms with E-state index in [1.165, 1.54) is 18.4 Å². The second-order valence-corrected chi connectivity index (χ2v) is 7.18. The van der Waals surface area contributed by atoms with E-state index in [-0.39, 0.29) is 5.41 Å². The Morgan fingerprint density at radius 3 is 2.39 bits per heavy atom. The predicted molar refractivity (Wildman–Crippen MR) is 97.4 cm³/mol. The minimum absolute atomic E-state index is 0.0330. The van der Waals surface area contributed by atoms with Crippen LogP contribution in [0, 0.1) is 5.92 Å². The Kier molecular flexibility index (Phi) is 5.91. The summed E-state index contributed by atoms with van der Waals surface area (Å²) < 4.78 is 5.24. The number of likely N-dealkylation sites (tertiary alicyclic amines) is 1. The molecule has 1 aromatic carbocycles. The van der Waals surface area contributed by atoms with E-state index in [0.717, 1.165) is 37.3 Å². The van der Waals surface area contributed by atoms with Gasteiger partial charge in [-0.1, -0.05) is 32.9 Å². The highest BCUT2D eigenvalue weighted by atomic mass is 16.5. The summed E-state index contributed by atoms with van der Waals surface area (Å²) in [7, 11) is 3.58. The average molecular weight is 317 g/mol. The molecule has 0 atom stereocenters. The van der Waals surface area contributed by atoms with Crippen molar-refractivity contribution < 1.29 is 4.74 Å². The van der Waals surface area contributed by atoms with Crippen LogP contribution in [0.25, 0.3) is 0 Å². The van der Waals surface area contributed by atoms with Crippen molar-refractivity contribution in [3.63, 3.8) is 0 Å². The van der Waals surface area contributed by atoms with Gasteiger partial charge < -0.3 is 15.0 Å². The third-order valence-electron chi connectivity index (χ3n) is 4.85. The van der Waals surface area contributed by atoms with Crippen molar-refractivity contribution in [2.45, 2.75) is 39.0 Å². The van der Waals surface area contributed by atoms with Gasteiger partial charge in [0.05, 0.1) is 7.11 Å². The molecule has 0 amide bonds. The molecule has 1 fully saturated rings. The van der Waals surface area contributed by atoms with Crippen LogP contribution in [0.2, 0.25) is 0 Å². The minimum atomic E-state index is 0.0330. The van der Waals surface area contributed by atoms with E-state index in [1.807, 2.05) is 19.2 Å². The number of nitrogens with one attached hydrogen (secondary N) is 1. The fraction of sp³-hybridized carbons (Fsp3) is 0.632. The number of rotatable bonds is 4. The van der Waals surface area contributed by atoms with Gasteiger partial charge in [-0.15, -0.1) is 0 Å². The van der Waals surface area contributed by atoms with Gasteiger partial charge >= 0.3 is 0 Å². The molecule has 23 heavy (non-hydrogen) atoms. The van der Waals surface area contributed by atoms with E-state index in [2.05, 4.69) is 48.1 Å². The van der Waals surface area contributed by atoms with Crippen LogP contribution in [0.3, 0.4) is 0 Å². The normalized spacial score (nSPS) is 17.3. The van der Waals surface area contributed by atoms with Gasteiger partial charge in [-0.05, 0) is 36.5 Å². The molecule has 4 heteroatoms. The number of guanidine groups is 1. The van der Waals surface area contributed by atoms with E-state index >= 15 is 0 Å². The number of benzene rings is 1. The Labute approximate surface area is 140 Å². The summed E-state index contributed by atoms with van der Waals surface area (Å²) in [5.74, 6) is 2.76. The van der Waals surface area contributed by atoms with Crippen molar-refractivity contribution >= 4 is 5.96 Å². The minimum Gasteiger partial charge on any atom is -0.497 e. The zero-order valence-corrected chi connectivity index (χ0v) is 15.2. The van der Waals surface area contributed by atoms with Crippen LogP contribution in [-0.2, 0) is 5.41 Å². The van der Waals surface area contributed by atoms with Gasteiger partial charge in [0.15, 0.2) is 5.96 Å². The van der Waals surface area contributed by atoms with Crippen LogP contribution in [0.15, 0.2) is 29.3 Å². The molecule has 128 valence electrons. The molecule has 0 unspecified atom stereocenters. The van der Waals surface area contributed by atoms with Gasteiger partial charge in [-0.25, -0.2) is 0 Å². The highest BCUT2D eigenvalue weighted by Crippen LogP contribution is 2.25. The molecule has 1 aliphatic heterocycles. The molecule has 0 aliphatic carbocycles. The van der Waals surface area contributed by atoms with E-state index in [1.54, 1.807) is 7.11 Å². The van der Waals surface area contributed by atoms with Gasteiger partial charge in [-0.2, -0.15) is 0 Å². The first kappa shape index (κ1) is 17.6. The molecule has 1 saturated heterocycles. The predicted octanol–water partition coefficient (Wildman–Crippen LogP) is 3.28. The van der Waals surface area contributed by atoms with Gasteiger partial charge in [0, 0.05) is 32.1 Å². The first-order valence-electron chi connectivity index (χ1n) is 8.56. The Balaban J connectivity index is 1.96. The lowest BCUT2D eigenvalue weighted by atomic mass is 9.84. The van der Waals surface area contributed by atoms with Gasteiger partial charge in [0.1, 0.15) is 5.75 Å². The second-order valence-electron chi connectivity index (χ2n) is 7.18. The zero-order valence-electron chi connectivity index (χ0n) is 15.2. The topological polar surface area (TPSA) is 36.9 Å². The van der Waals surface area contributed by atoms with Crippen LogP contribution >= 0.6 is 0 Å². The zero-order chi connectivity index (χ0) is 16.9. The summed E-state index contributed by atoms with van der Waals surface area (Å²) in [6, 6.07) is 8.34. The van der Waals surface area contributed by atoms with Gasteiger partial charge in [0.2, 0.25) is 0 Å². The maximum absolute atomic E-state index is 5.24. The Morgan fingerprint density at radius 1 is 1.26 bits per heavy atom. The highest BCUT2D eigenvalue weighted by Gasteiger charge is 2.23. The number of ether oxygens (including phenoxy) is 1. The summed E-state index contributed by atoms with van der Waals surface area (Å²) in [5, 5.41) is 3.57. The first-order valence-corrected chi connectivity index (χ1v) is 8.56. The van der Waals surface area contributed by atoms with Crippen molar-refractivity contribution in [2.24, 2.45) is 10.9 Å². The summed E-state index contributed by atoms with van der Waals surface area (Å²) >= 11 is 0. The molecule has 1 aromatic rings. The molecule has 0 aromatic heterocycles. The summed E-state index contributed by atoms with van der Waals surface area (Å²) in [6.07, 6.45) is 2.51. The third-order valence-corrected chi connectivity index (χ3v) is 4.85. The monoisotopic (exact) mass is 317 g/mol. The highest BCUT2D eigenvalue weighted by molar-refractivity contribution is 5.80. The summed E-state index contributed by atoms with van der Waals surface area (Å²) in [4.78, 5) is 6.85. The fourth-order valence-corrected chi connectivity index (χ4v) is 3.00. The van der Waals surface area contributed by atoms with Crippen molar-refractivity contribution in [3.8, 4) is 5.75 Å². The lowest BCUT2D eigenvalue weighted by Gasteiger charge is -2.35. The van der Waals surface area contributed by atoms with Gasteiger partial charge in [0.25, 0.3) is 0 Å². The lowest BCUT2D eigenvalue weighted by molar-refractivity contribution is 0.272. The number of hydrogen-bond acceptors (Lipinski definition) is 2. The number of piperidine rings is 1. The molecule has 4 nitrogen and oxygen atoms in total. The summed E-state index contributed by atoms with van der Waals surface area (Å²) in [5.41, 5.74) is 1.33. The number of nitrogens with zero attached hydrogens (tertiary/aromatic N) is 2. The van der Waals surface area contributed by atoms with Crippen molar-refractivity contribution in [3.05, 3.63) is 29.8 Å². The maximum Gasteiger partial charge on any atom is 0.193 e. The average Bonchev–Trinajstić information content (AvgIpc) is 2.57. The Morgan fingerprint density at radius 2 is 1.87 bits per heavy atom. The van der Waals surface area contributed by atoms with Gasteiger partial charge in [-0.3, -0.25) is 4.99 Å². The van der Waals surface area contributed by atoms with Crippen LogP contribution in [-0.4, -0.2) is 44.7 Å². The SMILES string of the molecule is CN=C(NCC(C)(C)c1ccc(OC)cc1)N1CCC(C)CC1. The molecule has 0 bridgehead atoms. The van der Waals surface area contributed by atoms with E-state index in [9.17, 15) is 0 Å². The van der Waals surface area contributed by atoms with Crippen LogP contribution in [0.1, 0.15) is 39.2 Å². The first-order chi connectivity index (χ1) is 11.0. The largest absolute Gasteiger partial charge is 0.497 e. The quantitative estimate of drug-likeness (QED) is 0.684. The standard InChI is InChI=1S/C19H31N3O/c1-15-10-12-22(13-11-15)18(20-4)21-14-19(2,3)16-6-8-17(23-5)9-7-16/h6-9,15H,10-14H2,1-5H3,(H,20,21). The third kappa shape index (κ3) is 4.63. The molecular weight excluding hydrogens is 286 g/mol. The van der Waals surface area contributed by atoms with E-state index < -0.39 is 0 Å². The molecule has 1 N–H and O–H groups in total. The molecule has 0 radical (unpaired) electrons.